The summed E-state index contributed by atoms with van der Waals surface area (Å²) in [5, 5.41) is 6.08. The third kappa shape index (κ3) is 4.98. The summed E-state index contributed by atoms with van der Waals surface area (Å²) in [5.41, 5.74) is 5.48. The van der Waals surface area contributed by atoms with Gasteiger partial charge >= 0.3 is 0 Å². The second kappa shape index (κ2) is 10.1. The first-order valence-electron chi connectivity index (χ1n) is 12.3. The number of rotatable bonds is 6. The number of benzene rings is 3. The normalized spacial score (nSPS) is 15.6. The molecule has 0 spiro atoms. The van der Waals surface area contributed by atoms with Crippen LogP contribution in [0.3, 0.4) is 0 Å². The van der Waals surface area contributed by atoms with Crippen LogP contribution in [0.2, 0.25) is 0 Å². The molecular formula is C29H31N3O2. The van der Waals surface area contributed by atoms with Gasteiger partial charge in [-0.3, -0.25) is 9.59 Å². The van der Waals surface area contributed by atoms with Gasteiger partial charge in [-0.05, 0) is 60.7 Å². The Hall–Kier alpha value is -3.60. The minimum Gasteiger partial charge on any atom is -0.367 e. The van der Waals surface area contributed by atoms with E-state index in [4.69, 9.17) is 0 Å². The molecule has 2 aliphatic rings. The van der Waals surface area contributed by atoms with Crippen LogP contribution < -0.4 is 15.5 Å². The first-order valence-corrected chi connectivity index (χ1v) is 12.3. The molecule has 5 heteroatoms. The number of carbonyl (C=O) groups is 2. The van der Waals surface area contributed by atoms with Gasteiger partial charge in [0.25, 0.3) is 11.8 Å². The lowest BCUT2D eigenvalue weighted by Gasteiger charge is -2.23. The summed E-state index contributed by atoms with van der Waals surface area (Å²) in [4.78, 5) is 28.2. The van der Waals surface area contributed by atoms with Gasteiger partial charge in [0.2, 0.25) is 0 Å². The van der Waals surface area contributed by atoms with Gasteiger partial charge in [0.15, 0.2) is 0 Å². The average molecular weight is 454 g/mol. The van der Waals surface area contributed by atoms with Crippen LogP contribution in [0.15, 0.2) is 72.8 Å². The number of fused-ring (bicyclic) bond motifs is 1. The van der Waals surface area contributed by atoms with E-state index in [2.05, 4.69) is 39.8 Å². The summed E-state index contributed by atoms with van der Waals surface area (Å²) in [5.74, 6) is -0.333. The Morgan fingerprint density at radius 1 is 0.824 bits per heavy atom. The first kappa shape index (κ1) is 22.2. The molecule has 34 heavy (non-hydrogen) atoms. The molecule has 0 atom stereocenters. The van der Waals surface area contributed by atoms with Gasteiger partial charge in [0, 0.05) is 30.4 Å². The van der Waals surface area contributed by atoms with Gasteiger partial charge in [-0.15, -0.1) is 0 Å². The van der Waals surface area contributed by atoms with Crippen molar-refractivity contribution >= 4 is 23.2 Å². The van der Waals surface area contributed by atoms with Gasteiger partial charge in [-0.1, -0.05) is 61.7 Å². The number of nitrogens with zero attached hydrogens (tertiary/aromatic N) is 1. The highest BCUT2D eigenvalue weighted by molar-refractivity contribution is 6.09. The Balaban J connectivity index is 1.23. The number of amides is 2. The monoisotopic (exact) mass is 453 g/mol. The van der Waals surface area contributed by atoms with E-state index in [1.807, 2.05) is 36.4 Å². The lowest BCUT2D eigenvalue weighted by molar-refractivity contribution is 0.0928. The molecule has 1 aliphatic heterocycles. The molecule has 5 rings (SSSR count). The van der Waals surface area contributed by atoms with Gasteiger partial charge in [0.1, 0.15) is 0 Å². The fourth-order valence-corrected chi connectivity index (χ4v) is 5.05. The van der Waals surface area contributed by atoms with Crippen molar-refractivity contribution in [1.29, 1.82) is 0 Å². The Kier molecular flexibility index (Phi) is 6.61. The van der Waals surface area contributed by atoms with E-state index in [0.29, 0.717) is 16.8 Å². The summed E-state index contributed by atoms with van der Waals surface area (Å²) < 4.78 is 0. The number of hydrogen-bond donors (Lipinski definition) is 2. The third-order valence-electron chi connectivity index (χ3n) is 6.93. The Morgan fingerprint density at radius 2 is 1.56 bits per heavy atom. The van der Waals surface area contributed by atoms with E-state index < -0.39 is 0 Å². The standard InChI is InChI=1S/C29H31N3O2/c33-28(31-26-12-6-5-11-25(26)29(34)30-24-9-2-1-3-10-24)23-16-14-21(15-17-23)20-32-19-18-22-8-4-7-13-27(22)32/h4-8,11-17,24H,1-3,9-10,18-20H2,(H,30,34)(H,31,33). The average Bonchev–Trinajstić information content (AvgIpc) is 3.28. The molecule has 2 amide bonds. The Labute approximate surface area is 201 Å². The molecule has 174 valence electrons. The fourth-order valence-electron chi connectivity index (χ4n) is 5.05. The number of anilines is 2. The predicted molar refractivity (Wildman–Crippen MR) is 136 cm³/mol. The van der Waals surface area contributed by atoms with Crippen LogP contribution in [0.1, 0.15) is 63.9 Å². The van der Waals surface area contributed by atoms with E-state index in [9.17, 15) is 9.59 Å². The molecule has 0 saturated heterocycles. The highest BCUT2D eigenvalue weighted by Gasteiger charge is 2.20. The fraction of sp³-hybridized carbons (Fsp3) is 0.310. The van der Waals surface area contributed by atoms with Crippen molar-refractivity contribution in [1.82, 2.24) is 5.32 Å². The molecule has 2 N–H and O–H groups in total. The van der Waals surface area contributed by atoms with Crippen LogP contribution in [0, 0.1) is 0 Å². The summed E-state index contributed by atoms with van der Waals surface area (Å²) in [7, 11) is 0. The second-order valence-corrected chi connectivity index (χ2v) is 9.31. The van der Waals surface area contributed by atoms with E-state index in [0.717, 1.165) is 45.2 Å². The molecule has 5 nitrogen and oxygen atoms in total. The summed E-state index contributed by atoms with van der Waals surface area (Å²) >= 11 is 0. The zero-order chi connectivity index (χ0) is 23.3. The Bertz CT molecular complexity index is 1170. The van der Waals surface area contributed by atoms with E-state index in [-0.39, 0.29) is 17.9 Å². The van der Waals surface area contributed by atoms with Crippen molar-refractivity contribution in [2.45, 2.75) is 51.1 Å². The Morgan fingerprint density at radius 3 is 2.38 bits per heavy atom. The summed E-state index contributed by atoms with van der Waals surface area (Å²) in [6.07, 6.45) is 6.67. The molecule has 1 fully saturated rings. The minimum atomic E-state index is -0.212. The maximum atomic E-state index is 12.9. The molecule has 0 bridgehead atoms. The van der Waals surface area contributed by atoms with Gasteiger partial charge in [0.05, 0.1) is 11.3 Å². The van der Waals surface area contributed by atoms with Crippen LogP contribution in [-0.4, -0.2) is 24.4 Å². The van der Waals surface area contributed by atoms with Crippen LogP contribution in [0.25, 0.3) is 0 Å². The third-order valence-corrected chi connectivity index (χ3v) is 6.93. The van der Waals surface area contributed by atoms with E-state index in [1.54, 1.807) is 12.1 Å². The second-order valence-electron chi connectivity index (χ2n) is 9.31. The lowest BCUT2D eigenvalue weighted by Crippen LogP contribution is -2.36. The van der Waals surface area contributed by atoms with Crippen molar-refractivity contribution in [3.63, 3.8) is 0 Å². The smallest absolute Gasteiger partial charge is 0.255 e. The molecule has 1 saturated carbocycles. The molecular weight excluding hydrogens is 422 g/mol. The lowest BCUT2D eigenvalue weighted by atomic mass is 9.95. The maximum absolute atomic E-state index is 12.9. The number of nitrogens with one attached hydrogen (secondary N) is 2. The SMILES string of the molecule is O=C(Nc1ccccc1C(=O)NC1CCCCC1)c1ccc(CN2CCc3ccccc32)cc1. The van der Waals surface area contributed by atoms with E-state index >= 15 is 0 Å². The molecule has 3 aromatic carbocycles. The van der Waals surface area contributed by atoms with Crippen molar-refractivity contribution in [3.05, 3.63) is 95.1 Å². The molecule has 0 radical (unpaired) electrons. The van der Waals surface area contributed by atoms with Gasteiger partial charge in [-0.2, -0.15) is 0 Å². The van der Waals surface area contributed by atoms with Crippen molar-refractivity contribution < 1.29 is 9.59 Å². The van der Waals surface area contributed by atoms with Crippen molar-refractivity contribution in [2.75, 3.05) is 16.8 Å². The van der Waals surface area contributed by atoms with Gasteiger partial charge in [-0.25, -0.2) is 0 Å². The van der Waals surface area contributed by atoms with Crippen LogP contribution in [0.4, 0.5) is 11.4 Å². The predicted octanol–water partition coefficient (Wildman–Crippen LogP) is 5.56. The number of hydrogen-bond acceptors (Lipinski definition) is 3. The summed E-state index contributed by atoms with van der Waals surface area (Å²) in [6, 6.07) is 23.7. The van der Waals surface area contributed by atoms with Crippen LogP contribution >= 0.6 is 0 Å². The van der Waals surface area contributed by atoms with Crippen LogP contribution in [-0.2, 0) is 13.0 Å². The molecule has 1 heterocycles. The van der Waals surface area contributed by atoms with Crippen molar-refractivity contribution in [2.24, 2.45) is 0 Å². The van der Waals surface area contributed by atoms with E-state index in [1.165, 1.54) is 23.2 Å². The summed E-state index contributed by atoms with van der Waals surface area (Å²) in [6.45, 7) is 1.84. The zero-order valence-electron chi connectivity index (χ0n) is 19.4. The quantitative estimate of drug-likeness (QED) is 0.513. The van der Waals surface area contributed by atoms with Gasteiger partial charge < -0.3 is 15.5 Å². The largest absolute Gasteiger partial charge is 0.367 e. The molecule has 0 unspecified atom stereocenters. The first-order chi connectivity index (χ1) is 16.7. The topological polar surface area (TPSA) is 61.4 Å². The van der Waals surface area contributed by atoms with Crippen LogP contribution in [0.5, 0.6) is 0 Å². The number of carbonyl (C=O) groups excluding carboxylic acids is 2. The molecule has 0 aromatic heterocycles. The maximum Gasteiger partial charge on any atom is 0.255 e. The zero-order valence-corrected chi connectivity index (χ0v) is 19.4. The highest BCUT2D eigenvalue weighted by atomic mass is 16.2. The minimum absolute atomic E-state index is 0.121. The van der Waals surface area contributed by atoms with Crippen molar-refractivity contribution in [3.8, 4) is 0 Å². The highest BCUT2D eigenvalue weighted by Crippen LogP contribution is 2.29. The number of para-hydroxylation sites is 2. The molecule has 1 aliphatic carbocycles. The molecule has 3 aromatic rings.